The molecule has 146 valence electrons. The summed E-state index contributed by atoms with van der Waals surface area (Å²) in [5.41, 5.74) is 0.676. The Bertz CT molecular complexity index is 735. The number of carboxylic acid groups (broad SMARTS) is 1. The lowest BCUT2D eigenvalue weighted by molar-refractivity contribution is -0.148. The third-order valence-electron chi connectivity index (χ3n) is 5.44. The highest BCUT2D eigenvalue weighted by Crippen LogP contribution is 2.34. The van der Waals surface area contributed by atoms with E-state index in [-0.39, 0.29) is 30.8 Å². The number of nitrogens with zero attached hydrogens (tertiary/aromatic N) is 2. The van der Waals surface area contributed by atoms with E-state index in [0.29, 0.717) is 37.4 Å². The summed E-state index contributed by atoms with van der Waals surface area (Å²) >= 11 is 0. The van der Waals surface area contributed by atoms with Crippen molar-refractivity contribution in [3.8, 4) is 5.75 Å². The smallest absolute Gasteiger partial charge is 0.308 e. The monoisotopic (exact) mass is 374 g/mol. The van der Waals surface area contributed by atoms with E-state index in [2.05, 4.69) is 0 Å². The summed E-state index contributed by atoms with van der Waals surface area (Å²) in [6.45, 7) is 4.82. The molecule has 1 aromatic carbocycles. The van der Waals surface area contributed by atoms with Crippen LogP contribution >= 0.6 is 0 Å². The van der Waals surface area contributed by atoms with Crippen LogP contribution < -0.4 is 9.64 Å². The van der Waals surface area contributed by atoms with Gasteiger partial charge in [0.25, 0.3) is 0 Å². The normalized spacial score (nSPS) is 25.6. The Morgan fingerprint density at radius 2 is 1.93 bits per heavy atom. The number of hydrogen-bond acceptors (Lipinski definition) is 4. The number of rotatable bonds is 5. The molecule has 3 unspecified atom stereocenters. The van der Waals surface area contributed by atoms with Gasteiger partial charge in [0.05, 0.1) is 24.1 Å². The summed E-state index contributed by atoms with van der Waals surface area (Å²) in [6.07, 6.45) is 1.39. The Hall–Kier alpha value is -2.57. The average molecular weight is 374 g/mol. The Labute approximate surface area is 158 Å². The van der Waals surface area contributed by atoms with Crippen molar-refractivity contribution in [3.63, 3.8) is 0 Å². The van der Waals surface area contributed by atoms with E-state index in [1.807, 2.05) is 38.1 Å². The van der Waals surface area contributed by atoms with Crippen LogP contribution in [0.5, 0.6) is 5.75 Å². The average Bonchev–Trinajstić information content (AvgIpc) is 3.03. The molecular formula is C20H26N2O5. The maximum atomic E-state index is 13.0. The largest absolute Gasteiger partial charge is 0.492 e. The van der Waals surface area contributed by atoms with Gasteiger partial charge in [-0.25, -0.2) is 0 Å². The third-order valence-corrected chi connectivity index (χ3v) is 5.44. The fourth-order valence-electron chi connectivity index (χ4n) is 3.91. The first-order chi connectivity index (χ1) is 12.9. The lowest BCUT2D eigenvalue weighted by Crippen LogP contribution is -2.49. The van der Waals surface area contributed by atoms with Crippen LogP contribution in [0.3, 0.4) is 0 Å². The van der Waals surface area contributed by atoms with Gasteiger partial charge in [0.2, 0.25) is 11.8 Å². The number of carbonyl (C=O) groups is 3. The quantitative estimate of drug-likeness (QED) is 0.853. The fraction of sp³-hybridized carbons (Fsp3) is 0.550. The molecule has 7 nitrogen and oxygen atoms in total. The lowest BCUT2D eigenvalue weighted by atomic mass is 9.92. The van der Waals surface area contributed by atoms with Gasteiger partial charge in [-0.05, 0) is 38.8 Å². The number of ether oxygens (including phenoxy) is 1. The molecule has 1 aromatic rings. The van der Waals surface area contributed by atoms with Gasteiger partial charge in [-0.2, -0.15) is 0 Å². The highest BCUT2D eigenvalue weighted by Gasteiger charge is 2.41. The first-order valence-corrected chi connectivity index (χ1v) is 9.47. The predicted octanol–water partition coefficient (Wildman–Crippen LogP) is 2.15. The van der Waals surface area contributed by atoms with E-state index in [9.17, 15) is 19.5 Å². The molecular weight excluding hydrogens is 348 g/mol. The van der Waals surface area contributed by atoms with Crippen molar-refractivity contribution < 1.29 is 24.2 Å². The molecule has 2 aliphatic heterocycles. The molecule has 2 saturated heterocycles. The molecule has 7 heteroatoms. The number of piperidine rings is 1. The van der Waals surface area contributed by atoms with Crippen molar-refractivity contribution in [2.45, 2.75) is 39.2 Å². The molecule has 0 spiro atoms. The van der Waals surface area contributed by atoms with E-state index in [0.717, 1.165) is 0 Å². The summed E-state index contributed by atoms with van der Waals surface area (Å²) in [7, 11) is 0. The second-order valence-electron chi connectivity index (χ2n) is 7.26. The minimum atomic E-state index is -0.866. The van der Waals surface area contributed by atoms with Crippen molar-refractivity contribution in [1.82, 2.24) is 4.90 Å². The van der Waals surface area contributed by atoms with Crippen molar-refractivity contribution in [3.05, 3.63) is 24.3 Å². The van der Waals surface area contributed by atoms with E-state index in [1.54, 1.807) is 9.80 Å². The van der Waals surface area contributed by atoms with Crippen LogP contribution in [0.2, 0.25) is 0 Å². The molecule has 0 aromatic heterocycles. The number of likely N-dealkylation sites (tertiary alicyclic amines) is 1. The zero-order valence-corrected chi connectivity index (χ0v) is 15.8. The highest BCUT2D eigenvalue weighted by atomic mass is 16.5. The van der Waals surface area contributed by atoms with Crippen molar-refractivity contribution in [2.24, 2.45) is 11.8 Å². The van der Waals surface area contributed by atoms with Gasteiger partial charge >= 0.3 is 5.97 Å². The van der Waals surface area contributed by atoms with Crippen molar-refractivity contribution in [1.29, 1.82) is 0 Å². The summed E-state index contributed by atoms with van der Waals surface area (Å²) in [5.74, 6) is -1.47. The summed E-state index contributed by atoms with van der Waals surface area (Å²) in [4.78, 5) is 40.2. The van der Waals surface area contributed by atoms with Gasteiger partial charge in [0, 0.05) is 25.6 Å². The number of anilines is 1. The number of carbonyl (C=O) groups excluding carboxylic acids is 2. The summed E-state index contributed by atoms with van der Waals surface area (Å²) in [5, 5.41) is 9.29. The Morgan fingerprint density at radius 3 is 2.63 bits per heavy atom. The minimum absolute atomic E-state index is 0.00652. The fourth-order valence-corrected chi connectivity index (χ4v) is 3.91. The van der Waals surface area contributed by atoms with E-state index in [4.69, 9.17) is 4.74 Å². The Kier molecular flexibility index (Phi) is 5.68. The summed E-state index contributed by atoms with van der Waals surface area (Å²) in [6, 6.07) is 7.31. The number of carboxylic acids is 1. The second kappa shape index (κ2) is 7.98. The number of para-hydroxylation sites is 2. The van der Waals surface area contributed by atoms with Crippen LogP contribution in [0, 0.1) is 11.8 Å². The van der Waals surface area contributed by atoms with E-state index in [1.165, 1.54) is 0 Å². The second-order valence-corrected chi connectivity index (χ2v) is 7.26. The molecule has 2 amide bonds. The molecule has 2 fully saturated rings. The molecule has 0 aliphatic carbocycles. The van der Waals surface area contributed by atoms with Gasteiger partial charge in [0.1, 0.15) is 5.75 Å². The highest BCUT2D eigenvalue weighted by molar-refractivity contribution is 6.01. The number of amides is 2. The molecule has 0 saturated carbocycles. The molecule has 27 heavy (non-hydrogen) atoms. The van der Waals surface area contributed by atoms with Crippen molar-refractivity contribution >= 4 is 23.5 Å². The molecule has 3 atom stereocenters. The van der Waals surface area contributed by atoms with Crippen LogP contribution in [0.15, 0.2) is 24.3 Å². The zero-order chi connectivity index (χ0) is 19.6. The predicted molar refractivity (Wildman–Crippen MR) is 99.6 cm³/mol. The maximum absolute atomic E-state index is 13.0. The van der Waals surface area contributed by atoms with Gasteiger partial charge in [-0.3, -0.25) is 14.4 Å². The molecule has 2 aliphatic rings. The minimum Gasteiger partial charge on any atom is -0.492 e. The molecule has 0 bridgehead atoms. The first kappa shape index (κ1) is 19.2. The lowest BCUT2D eigenvalue weighted by Gasteiger charge is -2.37. The molecule has 2 heterocycles. The van der Waals surface area contributed by atoms with Crippen molar-refractivity contribution in [2.75, 3.05) is 24.6 Å². The van der Waals surface area contributed by atoms with Crippen LogP contribution in [0.1, 0.15) is 33.1 Å². The van der Waals surface area contributed by atoms with Gasteiger partial charge in [-0.1, -0.05) is 12.1 Å². The number of benzene rings is 1. The van der Waals surface area contributed by atoms with Crippen LogP contribution in [-0.4, -0.2) is 53.5 Å². The first-order valence-electron chi connectivity index (χ1n) is 9.47. The Morgan fingerprint density at radius 1 is 1.19 bits per heavy atom. The number of hydrogen-bond donors (Lipinski definition) is 1. The zero-order valence-electron chi connectivity index (χ0n) is 15.8. The molecule has 3 rings (SSSR count). The van der Waals surface area contributed by atoms with Crippen LogP contribution in [0.4, 0.5) is 5.69 Å². The molecule has 0 radical (unpaired) electrons. The van der Waals surface area contributed by atoms with E-state index < -0.39 is 17.8 Å². The van der Waals surface area contributed by atoms with Crippen LogP contribution in [0.25, 0.3) is 0 Å². The summed E-state index contributed by atoms with van der Waals surface area (Å²) < 4.78 is 5.61. The number of aliphatic carboxylic acids is 1. The Balaban J connectivity index is 1.75. The topological polar surface area (TPSA) is 87.2 Å². The SMILES string of the molecule is CCOc1ccccc1N1CC(C(=O)N2CC(C(=O)O)CCC2C)CC1=O. The van der Waals surface area contributed by atoms with E-state index >= 15 is 0 Å². The van der Waals surface area contributed by atoms with Gasteiger partial charge in [0.15, 0.2) is 0 Å². The van der Waals surface area contributed by atoms with Gasteiger partial charge in [-0.15, -0.1) is 0 Å². The van der Waals surface area contributed by atoms with Gasteiger partial charge < -0.3 is 19.6 Å². The standard InChI is InChI=1S/C20H26N2O5/c1-3-27-17-7-5-4-6-16(17)22-12-15(10-18(22)23)19(24)21-11-14(20(25)26)9-8-13(21)2/h4-7,13-15H,3,8-12H2,1-2H3,(H,25,26). The maximum Gasteiger partial charge on any atom is 0.308 e. The van der Waals surface area contributed by atoms with Crippen LogP contribution in [-0.2, 0) is 14.4 Å². The molecule has 1 N–H and O–H groups in total. The third kappa shape index (κ3) is 3.91.